The summed E-state index contributed by atoms with van der Waals surface area (Å²) in [4.78, 5) is 12.1. The summed E-state index contributed by atoms with van der Waals surface area (Å²) in [7, 11) is 3.46. The monoisotopic (exact) mass is 333 g/mol. The van der Waals surface area contributed by atoms with Gasteiger partial charge in [-0.05, 0) is 30.7 Å². The summed E-state index contributed by atoms with van der Waals surface area (Å²) in [5.74, 6) is 0. The minimum absolute atomic E-state index is 0.680. The predicted octanol–water partition coefficient (Wildman–Crippen LogP) is 4.31. The second kappa shape index (κ2) is 6.95. The lowest BCUT2D eigenvalue weighted by Gasteiger charge is -2.32. The standard InChI is InChI=1S/C21H23N3O/c1-15-9-8-10-18(22-15)13-24-14-20(17(3)23(4)25-5)16(2)19-11-6-7-12-21(19)24/h6-12,14H,2-3,13H2,1,4-5H3. The van der Waals surface area contributed by atoms with E-state index in [1.807, 2.05) is 44.3 Å². The first kappa shape index (κ1) is 17.0. The molecule has 4 nitrogen and oxygen atoms in total. The molecule has 0 fully saturated rings. The lowest BCUT2D eigenvalue weighted by atomic mass is 9.93. The molecule has 0 atom stereocenters. The van der Waals surface area contributed by atoms with E-state index >= 15 is 0 Å². The van der Waals surface area contributed by atoms with Crippen molar-refractivity contribution < 1.29 is 4.84 Å². The smallest absolute Gasteiger partial charge is 0.0654 e. The molecule has 25 heavy (non-hydrogen) atoms. The average molecular weight is 333 g/mol. The Kier molecular flexibility index (Phi) is 4.72. The molecule has 2 aromatic rings. The van der Waals surface area contributed by atoms with E-state index in [-0.39, 0.29) is 0 Å². The quantitative estimate of drug-likeness (QED) is 0.762. The van der Waals surface area contributed by atoms with E-state index in [0.29, 0.717) is 6.54 Å². The number of pyridine rings is 1. The summed E-state index contributed by atoms with van der Waals surface area (Å²) in [6.07, 6.45) is 2.08. The van der Waals surface area contributed by atoms with Crippen LogP contribution in [0.4, 0.5) is 5.69 Å². The number of hydroxylamine groups is 2. The van der Waals surface area contributed by atoms with Gasteiger partial charge in [-0.25, -0.2) is 0 Å². The molecule has 0 saturated heterocycles. The number of aromatic nitrogens is 1. The van der Waals surface area contributed by atoms with Gasteiger partial charge in [0.15, 0.2) is 0 Å². The second-order valence-electron chi connectivity index (χ2n) is 6.06. The maximum atomic E-state index is 5.29. The summed E-state index contributed by atoms with van der Waals surface area (Å²) >= 11 is 0. The molecule has 1 aromatic carbocycles. The summed E-state index contributed by atoms with van der Waals surface area (Å²) < 4.78 is 0. The maximum absolute atomic E-state index is 5.29. The number of rotatable bonds is 5. The number of likely N-dealkylation sites (N-methyl/N-ethyl adjacent to an activating group) is 1. The lowest BCUT2D eigenvalue weighted by molar-refractivity contribution is -0.0739. The Balaban J connectivity index is 2.02. The van der Waals surface area contributed by atoms with Gasteiger partial charge in [-0.2, -0.15) is 0 Å². The van der Waals surface area contributed by atoms with Crippen molar-refractivity contribution in [2.45, 2.75) is 13.5 Å². The van der Waals surface area contributed by atoms with E-state index in [2.05, 4.69) is 41.4 Å². The maximum Gasteiger partial charge on any atom is 0.0654 e. The number of anilines is 1. The van der Waals surface area contributed by atoms with Gasteiger partial charge in [0.05, 0.1) is 25.0 Å². The van der Waals surface area contributed by atoms with Crippen molar-refractivity contribution >= 4 is 11.3 Å². The predicted molar refractivity (Wildman–Crippen MR) is 103 cm³/mol. The minimum Gasteiger partial charge on any atom is -0.341 e. The van der Waals surface area contributed by atoms with Crippen molar-refractivity contribution in [3.05, 3.63) is 90.0 Å². The van der Waals surface area contributed by atoms with Gasteiger partial charge in [-0.15, -0.1) is 0 Å². The van der Waals surface area contributed by atoms with Gasteiger partial charge in [-0.1, -0.05) is 37.4 Å². The summed E-state index contributed by atoms with van der Waals surface area (Å²) in [5.41, 5.74) is 6.91. The van der Waals surface area contributed by atoms with Crippen LogP contribution in [0.2, 0.25) is 0 Å². The Morgan fingerprint density at radius 1 is 1.20 bits per heavy atom. The zero-order valence-corrected chi connectivity index (χ0v) is 15.0. The molecular formula is C21H23N3O. The number of hydrogen-bond acceptors (Lipinski definition) is 4. The Morgan fingerprint density at radius 3 is 2.68 bits per heavy atom. The zero-order chi connectivity index (χ0) is 18.0. The van der Waals surface area contributed by atoms with E-state index in [9.17, 15) is 0 Å². The Bertz CT molecular complexity index is 854. The molecule has 0 N–H and O–H groups in total. The topological polar surface area (TPSA) is 28.6 Å². The van der Waals surface area contributed by atoms with Crippen LogP contribution < -0.4 is 4.90 Å². The number of aryl methyl sites for hydroxylation is 1. The normalized spacial score (nSPS) is 13.3. The fourth-order valence-corrected chi connectivity index (χ4v) is 2.95. The molecule has 1 aromatic heterocycles. The van der Waals surface area contributed by atoms with Crippen LogP contribution in [0.3, 0.4) is 0 Å². The van der Waals surface area contributed by atoms with E-state index in [4.69, 9.17) is 4.84 Å². The molecule has 2 heterocycles. The molecule has 0 unspecified atom stereocenters. The van der Waals surface area contributed by atoms with Crippen molar-refractivity contribution in [2.24, 2.45) is 0 Å². The van der Waals surface area contributed by atoms with E-state index in [1.165, 1.54) is 0 Å². The Hall–Kier alpha value is -2.85. The molecule has 0 saturated carbocycles. The molecular weight excluding hydrogens is 310 g/mol. The van der Waals surface area contributed by atoms with Crippen molar-refractivity contribution in [2.75, 3.05) is 19.1 Å². The van der Waals surface area contributed by atoms with Crippen LogP contribution in [0.15, 0.2) is 73.1 Å². The molecule has 0 radical (unpaired) electrons. The summed E-state index contributed by atoms with van der Waals surface area (Å²) in [5, 5.41) is 1.65. The van der Waals surface area contributed by atoms with Gasteiger partial charge in [0.25, 0.3) is 0 Å². The van der Waals surface area contributed by atoms with E-state index in [0.717, 1.165) is 39.5 Å². The summed E-state index contributed by atoms with van der Waals surface area (Å²) in [6, 6.07) is 14.3. The number of para-hydroxylation sites is 1. The van der Waals surface area contributed by atoms with E-state index in [1.54, 1.807) is 12.2 Å². The van der Waals surface area contributed by atoms with Crippen molar-refractivity contribution in [1.29, 1.82) is 0 Å². The molecule has 0 bridgehead atoms. The number of allylic oxidation sites excluding steroid dienone is 1. The number of nitrogens with zero attached hydrogens (tertiary/aromatic N) is 3. The van der Waals surface area contributed by atoms with Crippen LogP contribution >= 0.6 is 0 Å². The van der Waals surface area contributed by atoms with Crippen LogP contribution in [0, 0.1) is 6.92 Å². The van der Waals surface area contributed by atoms with Gasteiger partial charge < -0.3 is 4.90 Å². The van der Waals surface area contributed by atoms with Crippen molar-refractivity contribution in [3.63, 3.8) is 0 Å². The minimum atomic E-state index is 0.680. The fraction of sp³-hybridized carbons (Fsp3) is 0.190. The lowest BCUT2D eigenvalue weighted by Crippen LogP contribution is -2.25. The number of benzene rings is 1. The molecule has 0 spiro atoms. The van der Waals surface area contributed by atoms with Crippen LogP contribution in [-0.2, 0) is 11.4 Å². The van der Waals surface area contributed by atoms with Crippen LogP contribution in [0.5, 0.6) is 0 Å². The molecule has 0 aliphatic carbocycles. The molecule has 0 amide bonds. The third-order valence-corrected chi connectivity index (χ3v) is 4.39. The SMILES string of the molecule is C=C1C(C(=C)N(C)OC)=CN(Cc2cccc(C)n2)c2ccccc21. The van der Waals surface area contributed by atoms with Crippen molar-refractivity contribution in [3.8, 4) is 0 Å². The highest BCUT2D eigenvalue weighted by Gasteiger charge is 2.24. The number of fused-ring (bicyclic) bond motifs is 1. The first-order valence-corrected chi connectivity index (χ1v) is 8.18. The summed E-state index contributed by atoms with van der Waals surface area (Å²) in [6.45, 7) is 11.1. The average Bonchev–Trinajstić information content (AvgIpc) is 2.63. The molecule has 3 rings (SSSR count). The molecule has 1 aliphatic rings. The third-order valence-electron chi connectivity index (χ3n) is 4.39. The molecule has 1 aliphatic heterocycles. The van der Waals surface area contributed by atoms with Gasteiger partial charge in [0.2, 0.25) is 0 Å². The van der Waals surface area contributed by atoms with Crippen LogP contribution in [-0.4, -0.2) is 24.2 Å². The first-order valence-electron chi connectivity index (χ1n) is 8.18. The largest absolute Gasteiger partial charge is 0.341 e. The zero-order valence-electron chi connectivity index (χ0n) is 15.0. The second-order valence-corrected chi connectivity index (χ2v) is 6.06. The van der Waals surface area contributed by atoms with Gasteiger partial charge in [0, 0.05) is 35.8 Å². The number of hydrogen-bond donors (Lipinski definition) is 0. The highest BCUT2D eigenvalue weighted by molar-refractivity contribution is 5.91. The fourth-order valence-electron chi connectivity index (χ4n) is 2.95. The highest BCUT2D eigenvalue weighted by atomic mass is 16.7. The first-order chi connectivity index (χ1) is 12.0. The van der Waals surface area contributed by atoms with Gasteiger partial charge >= 0.3 is 0 Å². The van der Waals surface area contributed by atoms with E-state index < -0.39 is 0 Å². The van der Waals surface area contributed by atoms with Crippen molar-refractivity contribution in [1.82, 2.24) is 10.0 Å². The Labute approximate surface area is 149 Å². The van der Waals surface area contributed by atoms with Crippen LogP contribution in [0.25, 0.3) is 5.57 Å². The molecule has 4 heteroatoms. The molecule has 128 valence electrons. The highest BCUT2D eigenvalue weighted by Crippen LogP contribution is 2.39. The Morgan fingerprint density at radius 2 is 1.96 bits per heavy atom. The van der Waals surface area contributed by atoms with Gasteiger partial charge in [-0.3, -0.25) is 14.9 Å². The third kappa shape index (κ3) is 3.35. The van der Waals surface area contributed by atoms with Crippen LogP contribution in [0.1, 0.15) is 17.0 Å². The van der Waals surface area contributed by atoms with Gasteiger partial charge in [0.1, 0.15) is 0 Å².